The van der Waals surface area contributed by atoms with Crippen molar-refractivity contribution in [1.82, 2.24) is 14.7 Å². The van der Waals surface area contributed by atoms with Crippen LogP contribution in [0.25, 0.3) is 4.96 Å². The zero-order chi connectivity index (χ0) is 25.3. The summed E-state index contributed by atoms with van der Waals surface area (Å²) in [5.41, 5.74) is 4.43. The minimum atomic E-state index is -4.68. The maximum absolute atomic E-state index is 12.7. The Morgan fingerprint density at radius 1 is 1.11 bits per heavy atom. The molecule has 4 aromatic rings. The SMILES string of the molecule is Cc1nc2sccn2c1C(=O)NCc1ccc(N2CCC(c3ccc(OC(F)(F)F)cc3)CC2)cc1. The molecule has 0 spiro atoms. The predicted octanol–water partition coefficient (Wildman–Crippen LogP) is 5.92. The molecule has 0 unspecified atom stereocenters. The zero-order valence-corrected chi connectivity index (χ0v) is 20.4. The van der Waals surface area contributed by atoms with Crippen LogP contribution < -0.4 is 15.0 Å². The number of piperidine rings is 1. The number of ether oxygens (including phenoxy) is 1. The minimum Gasteiger partial charge on any atom is -0.406 e. The number of aromatic nitrogens is 2. The fourth-order valence-corrected chi connectivity index (χ4v) is 5.43. The first-order valence-electron chi connectivity index (χ1n) is 11.7. The summed E-state index contributed by atoms with van der Waals surface area (Å²) < 4.78 is 42.9. The molecule has 6 nitrogen and oxygen atoms in total. The molecule has 0 aliphatic carbocycles. The molecule has 0 radical (unpaired) electrons. The van der Waals surface area contributed by atoms with E-state index in [-0.39, 0.29) is 11.7 Å². The molecule has 2 aromatic heterocycles. The van der Waals surface area contributed by atoms with Crippen molar-refractivity contribution < 1.29 is 22.7 Å². The molecular formula is C26H25F3N4O2S. The van der Waals surface area contributed by atoms with Crippen LogP contribution in [-0.2, 0) is 6.54 Å². The highest BCUT2D eigenvalue weighted by Crippen LogP contribution is 2.32. The van der Waals surface area contributed by atoms with Gasteiger partial charge in [0.15, 0.2) is 4.96 Å². The van der Waals surface area contributed by atoms with Crippen molar-refractivity contribution in [3.05, 3.63) is 82.6 Å². The van der Waals surface area contributed by atoms with E-state index in [1.54, 1.807) is 12.1 Å². The summed E-state index contributed by atoms with van der Waals surface area (Å²) >= 11 is 1.50. The summed E-state index contributed by atoms with van der Waals surface area (Å²) in [7, 11) is 0. The van der Waals surface area contributed by atoms with E-state index < -0.39 is 6.36 Å². The normalized spacial score (nSPS) is 14.8. The summed E-state index contributed by atoms with van der Waals surface area (Å²) in [5.74, 6) is -0.0417. The van der Waals surface area contributed by atoms with E-state index in [4.69, 9.17) is 0 Å². The first-order valence-corrected chi connectivity index (χ1v) is 12.5. The van der Waals surface area contributed by atoms with Gasteiger partial charge in [-0.25, -0.2) is 4.98 Å². The number of nitrogens with zero attached hydrogens (tertiary/aromatic N) is 3. The Hall–Kier alpha value is -3.53. The zero-order valence-electron chi connectivity index (χ0n) is 19.6. The number of hydrogen-bond donors (Lipinski definition) is 1. The molecule has 1 aliphatic heterocycles. The highest BCUT2D eigenvalue weighted by Gasteiger charge is 2.31. The molecule has 0 bridgehead atoms. The van der Waals surface area contributed by atoms with Crippen LogP contribution in [0.15, 0.2) is 60.1 Å². The molecule has 0 atom stereocenters. The Labute approximate surface area is 210 Å². The van der Waals surface area contributed by atoms with Crippen molar-refractivity contribution in [1.29, 1.82) is 0 Å². The van der Waals surface area contributed by atoms with Gasteiger partial charge in [-0.1, -0.05) is 24.3 Å². The highest BCUT2D eigenvalue weighted by molar-refractivity contribution is 7.15. The first kappa shape index (κ1) is 24.2. The monoisotopic (exact) mass is 514 g/mol. The summed E-state index contributed by atoms with van der Waals surface area (Å²) in [6, 6.07) is 14.4. The third-order valence-corrected chi connectivity index (χ3v) is 7.24. The third-order valence-electron chi connectivity index (χ3n) is 6.49. The maximum Gasteiger partial charge on any atom is 0.573 e. The number of halogens is 3. The molecule has 10 heteroatoms. The van der Waals surface area contributed by atoms with E-state index in [1.165, 1.54) is 23.5 Å². The summed E-state index contributed by atoms with van der Waals surface area (Å²) in [5, 5.41) is 4.89. The first-order chi connectivity index (χ1) is 17.3. The second-order valence-electron chi connectivity index (χ2n) is 8.83. The van der Waals surface area contributed by atoms with Crippen LogP contribution in [0.1, 0.15) is 46.1 Å². The molecular weight excluding hydrogens is 489 g/mol. The molecule has 1 fully saturated rings. The number of alkyl halides is 3. The Morgan fingerprint density at radius 3 is 2.47 bits per heavy atom. The number of carbonyl (C=O) groups excluding carboxylic acids is 1. The molecule has 1 saturated heterocycles. The van der Waals surface area contributed by atoms with Crippen LogP contribution in [0.5, 0.6) is 5.75 Å². The number of aryl methyl sites for hydroxylation is 1. The largest absolute Gasteiger partial charge is 0.573 e. The Bertz CT molecular complexity index is 1340. The Kier molecular flexibility index (Phi) is 6.61. The van der Waals surface area contributed by atoms with E-state index in [1.807, 2.05) is 35.0 Å². The topological polar surface area (TPSA) is 58.9 Å². The summed E-state index contributed by atoms with van der Waals surface area (Å²) in [4.78, 5) is 20.3. The van der Waals surface area contributed by atoms with Crippen LogP contribution in [-0.4, -0.2) is 34.7 Å². The lowest BCUT2D eigenvalue weighted by atomic mass is 9.89. The van der Waals surface area contributed by atoms with Gasteiger partial charge in [0.2, 0.25) is 0 Å². The number of thiazole rings is 1. The van der Waals surface area contributed by atoms with Gasteiger partial charge in [-0.15, -0.1) is 24.5 Å². The molecule has 5 rings (SSSR count). The van der Waals surface area contributed by atoms with Crippen molar-refractivity contribution >= 4 is 27.9 Å². The standard InChI is InChI=1S/C26H25F3N4O2S/c1-17-23(33-14-15-36-25(33)31-17)24(34)30-16-18-2-6-21(7-3-18)32-12-10-20(11-13-32)19-4-8-22(9-5-19)35-26(27,28)29/h2-9,14-15,20H,10-13,16H2,1H3,(H,30,34). The second kappa shape index (κ2) is 9.85. The molecule has 1 aliphatic rings. The predicted molar refractivity (Wildman–Crippen MR) is 133 cm³/mol. The number of imidazole rings is 1. The van der Waals surface area contributed by atoms with Gasteiger partial charge in [0.25, 0.3) is 5.91 Å². The van der Waals surface area contributed by atoms with Crippen LogP contribution in [0.3, 0.4) is 0 Å². The second-order valence-corrected chi connectivity index (χ2v) is 9.70. The average Bonchev–Trinajstić information content (AvgIpc) is 3.42. The van der Waals surface area contributed by atoms with E-state index in [9.17, 15) is 18.0 Å². The van der Waals surface area contributed by atoms with Gasteiger partial charge in [-0.05, 0) is 61.1 Å². The molecule has 1 N–H and O–H groups in total. The van der Waals surface area contributed by atoms with E-state index in [0.29, 0.717) is 23.9 Å². The number of rotatable bonds is 6. The number of hydrogen-bond acceptors (Lipinski definition) is 5. The van der Waals surface area contributed by atoms with Gasteiger partial charge in [0, 0.05) is 36.9 Å². The van der Waals surface area contributed by atoms with Gasteiger partial charge >= 0.3 is 6.36 Å². The lowest BCUT2D eigenvalue weighted by molar-refractivity contribution is -0.274. The van der Waals surface area contributed by atoms with Crippen molar-refractivity contribution in [2.24, 2.45) is 0 Å². The fraction of sp³-hybridized carbons (Fsp3) is 0.308. The maximum atomic E-state index is 12.7. The van der Waals surface area contributed by atoms with Crippen LogP contribution in [0.4, 0.5) is 18.9 Å². The number of amides is 1. The molecule has 1 amide bonds. The average molecular weight is 515 g/mol. The summed E-state index contributed by atoms with van der Waals surface area (Å²) in [6.07, 6.45) is -0.994. The highest BCUT2D eigenvalue weighted by atomic mass is 32.1. The number of nitrogens with one attached hydrogen (secondary N) is 1. The Morgan fingerprint density at radius 2 is 1.81 bits per heavy atom. The van der Waals surface area contributed by atoms with Crippen LogP contribution >= 0.6 is 11.3 Å². The van der Waals surface area contributed by atoms with Crippen molar-refractivity contribution in [2.45, 2.75) is 38.6 Å². The lowest BCUT2D eigenvalue weighted by Crippen LogP contribution is -2.32. The van der Waals surface area contributed by atoms with E-state index >= 15 is 0 Å². The molecule has 3 heterocycles. The van der Waals surface area contributed by atoms with E-state index in [0.717, 1.165) is 47.7 Å². The van der Waals surface area contributed by atoms with Gasteiger partial charge in [0.1, 0.15) is 11.4 Å². The molecule has 36 heavy (non-hydrogen) atoms. The van der Waals surface area contributed by atoms with Gasteiger partial charge in [-0.3, -0.25) is 9.20 Å². The van der Waals surface area contributed by atoms with Gasteiger partial charge in [0.05, 0.1) is 5.69 Å². The quantitative estimate of drug-likeness (QED) is 0.347. The minimum absolute atomic E-state index is 0.150. The smallest absolute Gasteiger partial charge is 0.406 e. The van der Waals surface area contributed by atoms with Crippen LogP contribution in [0.2, 0.25) is 0 Å². The van der Waals surface area contributed by atoms with Crippen LogP contribution in [0, 0.1) is 6.92 Å². The van der Waals surface area contributed by atoms with Crippen molar-refractivity contribution in [3.8, 4) is 5.75 Å². The van der Waals surface area contributed by atoms with Crippen molar-refractivity contribution in [3.63, 3.8) is 0 Å². The fourth-order valence-electron chi connectivity index (χ4n) is 4.67. The summed E-state index contributed by atoms with van der Waals surface area (Å²) in [6.45, 7) is 3.98. The third kappa shape index (κ3) is 5.33. The molecule has 188 valence electrons. The van der Waals surface area contributed by atoms with E-state index in [2.05, 4.69) is 32.1 Å². The number of carbonyl (C=O) groups is 1. The Balaban J connectivity index is 1.13. The van der Waals surface area contributed by atoms with Gasteiger partial charge in [-0.2, -0.15) is 0 Å². The van der Waals surface area contributed by atoms with Crippen molar-refractivity contribution in [2.75, 3.05) is 18.0 Å². The molecule has 2 aromatic carbocycles. The van der Waals surface area contributed by atoms with Gasteiger partial charge < -0.3 is 15.0 Å². The molecule has 0 saturated carbocycles. The lowest BCUT2D eigenvalue weighted by Gasteiger charge is -2.34. The number of fused-ring (bicyclic) bond motifs is 1. The number of anilines is 1. The number of benzene rings is 2.